The molecule has 0 spiro atoms. The van der Waals surface area contributed by atoms with E-state index in [2.05, 4.69) is 34.1 Å². The molecule has 1 unspecified atom stereocenters. The maximum Gasteiger partial charge on any atom is 0.241 e. The Hall–Kier alpha value is -2.48. The molecule has 3 heterocycles. The van der Waals surface area contributed by atoms with Crippen LogP contribution >= 0.6 is 0 Å². The molecule has 122 valence electrons. The zero-order valence-corrected chi connectivity index (χ0v) is 13.3. The van der Waals surface area contributed by atoms with Crippen molar-refractivity contribution >= 4 is 11.7 Å². The fraction of sp³-hybridized carbons (Fsp3) is 0.467. The number of primary amides is 1. The molecule has 2 aromatic rings. The van der Waals surface area contributed by atoms with Crippen molar-refractivity contribution in [2.24, 2.45) is 5.73 Å². The van der Waals surface area contributed by atoms with Crippen LogP contribution in [0, 0.1) is 0 Å². The molecule has 0 radical (unpaired) electrons. The molecule has 1 amide bonds. The standard InChI is InChI=1S/C15H21N7O/c1-10(2)11-7-13(20-15(19-11)21-5-3-18-9-21)22-6-4-17-8-12(22)14(16)23/h3,5,7,9-10,12,17H,4,6,8H2,1-2H3,(H2,16,23). The van der Waals surface area contributed by atoms with E-state index in [0.29, 0.717) is 19.0 Å². The van der Waals surface area contributed by atoms with Crippen molar-refractivity contribution in [3.63, 3.8) is 0 Å². The molecule has 2 aromatic heterocycles. The van der Waals surface area contributed by atoms with Crippen LogP contribution < -0.4 is 16.0 Å². The maximum atomic E-state index is 11.8. The third-order valence-corrected chi connectivity index (χ3v) is 3.91. The molecular formula is C15H21N7O. The number of carbonyl (C=O) groups is 1. The number of imidazole rings is 1. The van der Waals surface area contributed by atoms with E-state index >= 15 is 0 Å². The molecule has 1 aliphatic rings. The maximum absolute atomic E-state index is 11.8. The van der Waals surface area contributed by atoms with E-state index < -0.39 is 6.04 Å². The van der Waals surface area contributed by atoms with Gasteiger partial charge in [0.05, 0.1) is 5.69 Å². The number of nitrogens with two attached hydrogens (primary N) is 1. The topological polar surface area (TPSA) is 102 Å². The first-order chi connectivity index (χ1) is 11.1. The van der Waals surface area contributed by atoms with Crippen molar-refractivity contribution < 1.29 is 4.79 Å². The lowest BCUT2D eigenvalue weighted by Gasteiger charge is -2.35. The van der Waals surface area contributed by atoms with Crippen LogP contribution in [-0.4, -0.2) is 51.1 Å². The summed E-state index contributed by atoms with van der Waals surface area (Å²) in [6, 6.07) is 1.53. The van der Waals surface area contributed by atoms with Crippen molar-refractivity contribution in [3.8, 4) is 5.95 Å². The van der Waals surface area contributed by atoms with Crippen molar-refractivity contribution in [1.82, 2.24) is 24.8 Å². The van der Waals surface area contributed by atoms with Crippen LogP contribution in [0.25, 0.3) is 5.95 Å². The summed E-state index contributed by atoms with van der Waals surface area (Å²) >= 11 is 0. The van der Waals surface area contributed by atoms with Crippen LogP contribution in [0.2, 0.25) is 0 Å². The molecule has 0 saturated carbocycles. The van der Waals surface area contributed by atoms with Gasteiger partial charge in [-0.05, 0) is 5.92 Å². The van der Waals surface area contributed by atoms with Crippen LogP contribution in [0.15, 0.2) is 24.8 Å². The Morgan fingerprint density at radius 2 is 2.26 bits per heavy atom. The van der Waals surface area contributed by atoms with Gasteiger partial charge in [-0.25, -0.2) is 9.97 Å². The Morgan fingerprint density at radius 3 is 2.91 bits per heavy atom. The summed E-state index contributed by atoms with van der Waals surface area (Å²) < 4.78 is 1.76. The predicted molar refractivity (Wildman–Crippen MR) is 86.4 cm³/mol. The number of hydrogen-bond acceptors (Lipinski definition) is 6. The van der Waals surface area contributed by atoms with Gasteiger partial charge in [-0.3, -0.25) is 9.36 Å². The Bertz CT molecular complexity index is 683. The van der Waals surface area contributed by atoms with Crippen LogP contribution in [0.5, 0.6) is 0 Å². The summed E-state index contributed by atoms with van der Waals surface area (Å²) in [7, 11) is 0. The van der Waals surface area contributed by atoms with Crippen LogP contribution in [0.4, 0.5) is 5.82 Å². The fourth-order valence-electron chi connectivity index (χ4n) is 2.61. The highest BCUT2D eigenvalue weighted by Crippen LogP contribution is 2.22. The van der Waals surface area contributed by atoms with Gasteiger partial charge in [-0.1, -0.05) is 13.8 Å². The summed E-state index contributed by atoms with van der Waals surface area (Å²) in [6.45, 7) is 6.13. The number of amides is 1. The SMILES string of the molecule is CC(C)c1cc(N2CCNCC2C(N)=O)nc(-n2ccnc2)n1. The smallest absolute Gasteiger partial charge is 0.241 e. The average molecular weight is 315 g/mol. The Balaban J connectivity index is 2.05. The lowest BCUT2D eigenvalue weighted by atomic mass is 10.1. The molecule has 0 bridgehead atoms. The third-order valence-electron chi connectivity index (χ3n) is 3.91. The summed E-state index contributed by atoms with van der Waals surface area (Å²) in [5.74, 6) is 1.16. The zero-order valence-electron chi connectivity index (χ0n) is 13.3. The number of rotatable bonds is 4. The highest BCUT2D eigenvalue weighted by molar-refractivity contribution is 5.84. The monoisotopic (exact) mass is 315 g/mol. The normalized spacial score (nSPS) is 18.4. The minimum Gasteiger partial charge on any atom is -0.368 e. The second-order valence-electron chi connectivity index (χ2n) is 5.89. The van der Waals surface area contributed by atoms with E-state index in [1.165, 1.54) is 0 Å². The summed E-state index contributed by atoms with van der Waals surface area (Å²) in [5.41, 5.74) is 6.46. The molecule has 8 nitrogen and oxygen atoms in total. The van der Waals surface area contributed by atoms with Gasteiger partial charge in [0.25, 0.3) is 0 Å². The quantitative estimate of drug-likeness (QED) is 0.826. The zero-order chi connectivity index (χ0) is 16.4. The number of piperazine rings is 1. The minimum absolute atomic E-state index is 0.244. The highest BCUT2D eigenvalue weighted by Gasteiger charge is 2.28. The van der Waals surface area contributed by atoms with Gasteiger partial charge in [-0.15, -0.1) is 0 Å². The van der Waals surface area contributed by atoms with E-state index in [4.69, 9.17) is 5.73 Å². The van der Waals surface area contributed by atoms with E-state index in [1.807, 2.05) is 11.0 Å². The molecule has 23 heavy (non-hydrogen) atoms. The van der Waals surface area contributed by atoms with Gasteiger partial charge in [0.2, 0.25) is 11.9 Å². The molecule has 3 rings (SSSR count). The van der Waals surface area contributed by atoms with Gasteiger partial charge in [0, 0.05) is 38.1 Å². The number of aromatic nitrogens is 4. The average Bonchev–Trinajstić information content (AvgIpc) is 3.09. The second kappa shape index (κ2) is 6.33. The minimum atomic E-state index is -0.408. The Labute approximate surface area is 134 Å². The first-order valence-electron chi connectivity index (χ1n) is 7.70. The molecule has 1 saturated heterocycles. The summed E-state index contributed by atoms with van der Waals surface area (Å²) in [6.07, 6.45) is 5.14. The number of nitrogens with one attached hydrogen (secondary N) is 1. The van der Waals surface area contributed by atoms with Crippen LogP contribution in [0.1, 0.15) is 25.5 Å². The van der Waals surface area contributed by atoms with Crippen LogP contribution in [0.3, 0.4) is 0 Å². The fourth-order valence-corrected chi connectivity index (χ4v) is 2.61. The second-order valence-corrected chi connectivity index (χ2v) is 5.89. The molecule has 1 fully saturated rings. The Morgan fingerprint density at radius 1 is 1.43 bits per heavy atom. The molecule has 0 aromatic carbocycles. The summed E-state index contributed by atoms with van der Waals surface area (Å²) in [5, 5.41) is 3.19. The van der Waals surface area contributed by atoms with E-state index in [-0.39, 0.29) is 11.8 Å². The van der Waals surface area contributed by atoms with Crippen LogP contribution in [-0.2, 0) is 4.79 Å². The first kappa shape index (κ1) is 15.4. The van der Waals surface area contributed by atoms with Gasteiger partial charge in [0.1, 0.15) is 18.2 Å². The predicted octanol–water partition coefficient (Wildman–Crippen LogP) is 0.0492. The van der Waals surface area contributed by atoms with Crippen molar-refractivity contribution in [2.45, 2.75) is 25.8 Å². The number of anilines is 1. The molecule has 3 N–H and O–H groups in total. The number of hydrogen-bond donors (Lipinski definition) is 2. The van der Waals surface area contributed by atoms with Gasteiger partial charge in [-0.2, -0.15) is 4.98 Å². The molecule has 1 aliphatic heterocycles. The van der Waals surface area contributed by atoms with Crippen molar-refractivity contribution in [1.29, 1.82) is 0 Å². The Kier molecular flexibility index (Phi) is 4.24. The highest BCUT2D eigenvalue weighted by atomic mass is 16.1. The van der Waals surface area contributed by atoms with Gasteiger partial charge < -0.3 is 16.0 Å². The van der Waals surface area contributed by atoms with Gasteiger partial charge in [0.15, 0.2) is 0 Å². The van der Waals surface area contributed by atoms with E-state index in [9.17, 15) is 4.79 Å². The summed E-state index contributed by atoms with van der Waals surface area (Å²) in [4.78, 5) is 27.0. The molecular weight excluding hydrogens is 294 g/mol. The molecule has 0 aliphatic carbocycles. The molecule has 1 atom stereocenters. The van der Waals surface area contributed by atoms with E-state index in [1.54, 1.807) is 23.3 Å². The first-order valence-corrected chi connectivity index (χ1v) is 7.70. The number of carbonyl (C=O) groups excluding carboxylic acids is 1. The molecule has 8 heteroatoms. The third kappa shape index (κ3) is 3.16. The largest absolute Gasteiger partial charge is 0.368 e. The lowest BCUT2D eigenvalue weighted by Crippen LogP contribution is -2.57. The van der Waals surface area contributed by atoms with Crippen molar-refractivity contribution in [2.75, 3.05) is 24.5 Å². The lowest BCUT2D eigenvalue weighted by molar-refractivity contribution is -0.119. The number of nitrogens with zero attached hydrogens (tertiary/aromatic N) is 5. The van der Waals surface area contributed by atoms with E-state index in [0.717, 1.165) is 18.1 Å². The van der Waals surface area contributed by atoms with Gasteiger partial charge >= 0.3 is 0 Å². The van der Waals surface area contributed by atoms with Crippen molar-refractivity contribution in [3.05, 3.63) is 30.5 Å².